The molecule has 1 amide bonds. The van der Waals surface area contributed by atoms with Gasteiger partial charge in [0.2, 0.25) is 5.91 Å². The number of nitrogens with one attached hydrogen (secondary N) is 1. The Balaban J connectivity index is 1.50. The number of carbonyl (C=O) groups excluding carboxylic acids is 2. The van der Waals surface area contributed by atoms with Crippen LogP contribution in [0.15, 0.2) is 59.3 Å². The van der Waals surface area contributed by atoms with Crippen molar-refractivity contribution in [3.05, 3.63) is 65.3 Å². The van der Waals surface area contributed by atoms with Crippen LogP contribution in [0.2, 0.25) is 0 Å². The second-order valence-corrected chi connectivity index (χ2v) is 9.16. The van der Waals surface area contributed by atoms with Gasteiger partial charge in [0, 0.05) is 35.4 Å². The number of pyridine rings is 1. The van der Waals surface area contributed by atoms with E-state index in [0.29, 0.717) is 28.1 Å². The maximum Gasteiger partial charge on any atom is 0.341 e. The van der Waals surface area contributed by atoms with Crippen LogP contribution < -0.4 is 5.32 Å². The van der Waals surface area contributed by atoms with Gasteiger partial charge in [-0.25, -0.2) is 4.79 Å². The number of aromatic nitrogens is 4. The molecule has 0 spiro atoms. The largest absolute Gasteiger partial charge is 0.465 e. The molecule has 0 atom stereocenters. The minimum Gasteiger partial charge on any atom is -0.465 e. The number of carbonyl (C=O) groups is 2. The molecule has 34 heavy (non-hydrogen) atoms. The summed E-state index contributed by atoms with van der Waals surface area (Å²) in [4.78, 5) is 29.4. The van der Waals surface area contributed by atoms with E-state index in [2.05, 4.69) is 20.5 Å². The van der Waals surface area contributed by atoms with Gasteiger partial charge in [0.05, 0.1) is 12.9 Å². The molecule has 174 valence electrons. The summed E-state index contributed by atoms with van der Waals surface area (Å²) in [5, 5.41) is 14.3. The van der Waals surface area contributed by atoms with Crippen LogP contribution in [0.4, 0.5) is 5.00 Å². The molecule has 0 saturated heterocycles. The molecule has 0 saturated carbocycles. The van der Waals surface area contributed by atoms with Crippen molar-refractivity contribution in [2.75, 3.05) is 18.2 Å². The molecule has 0 fully saturated rings. The van der Waals surface area contributed by atoms with Crippen LogP contribution in [0.3, 0.4) is 0 Å². The molecule has 0 bridgehead atoms. The first-order valence-electron chi connectivity index (χ1n) is 10.5. The normalized spacial score (nSPS) is 10.8. The number of esters is 1. The van der Waals surface area contributed by atoms with E-state index in [1.807, 2.05) is 60.2 Å². The Morgan fingerprint density at radius 2 is 1.94 bits per heavy atom. The molecule has 10 heteroatoms. The zero-order valence-electron chi connectivity index (χ0n) is 18.9. The molecule has 4 aromatic rings. The number of thiophene rings is 1. The summed E-state index contributed by atoms with van der Waals surface area (Å²) in [5.74, 6) is 0.0731. The van der Waals surface area contributed by atoms with Crippen molar-refractivity contribution in [2.24, 2.45) is 0 Å². The molecule has 3 heterocycles. The third-order valence-electron chi connectivity index (χ3n) is 5.08. The molecule has 1 aromatic carbocycles. The number of aryl methyl sites for hydroxylation is 1. The monoisotopic (exact) mass is 493 g/mol. The molecule has 4 rings (SSSR count). The summed E-state index contributed by atoms with van der Waals surface area (Å²) >= 11 is 2.58. The summed E-state index contributed by atoms with van der Waals surface area (Å²) in [5.41, 5.74) is 3.95. The fourth-order valence-corrected chi connectivity index (χ4v) is 5.16. The molecule has 0 aliphatic rings. The van der Waals surface area contributed by atoms with Gasteiger partial charge >= 0.3 is 5.97 Å². The Bertz CT molecular complexity index is 1300. The fourth-order valence-electron chi connectivity index (χ4n) is 3.38. The number of hydrogen-bond acceptors (Lipinski definition) is 8. The Hall–Kier alpha value is -3.50. The number of nitrogens with zero attached hydrogens (tertiary/aromatic N) is 4. The summed E-state index contributed by atoms with van der Waals surface area (Å²) in [7, 11) is 1.33. The third kappa shape index (κ3) is 5.02. The van der Waals surface area contributed by atoms with Crippen molar-refractivity contribution in [3.63, 3.8) is 0 Å². The van der Waals surface area contributed by atoms with Crippen LogP contribution in [0.5, 0.6) is 0 Å². The van der Waals surface area contributed by atoms with Crippen LogP contribution in [0, 0.1) is 6.92 Å². The van der Waals surface area contributed by atoms with Crippen molar-refractivity contribution in [2.45, 2.75) is 25.5 Å². The summed E-state index contributed by atoms with van der Waals surface area (Å²) < 4.78 is 6.93. The van der Waals surface area contributed by atoms with E-state index >= 15 is 0 Å². The minimum atomic E-state index is -0.494. The Morgan fingerprint density at radius 3 is 2.62 bits per heavy atom. The number of ether oxygens (including phenoxy) is 1. The van der Waals surface area contributed by atoms with E-state index in [1.165, 1.54) is 30.2 Å². The third-order valence-corrected chi connectivity index (χ3v) is 6.94. The molecular formula is C24H23N5O3S2. The maximum absolute atomic E-state index is 12.8. The van der Waals surface area contributed by atoms with Crippen LogP contribution >= 0.6 is 23.1 Å². The van der Waals surface area contributed by atoms with E-state index in [9.17, 15) is 9.59 Å². The first kappa shape index (κ1) is 23.7. The van der Waals surface area contributed by atoms with Crippen molar-refractivity contribution in [3.8, 4) is 22.5 Å². The molecule has 0 aliphatic heterocycles. The highest BCUT2D eigenvalue weighted by molar-refractivity contribution is 7.99. The minimum absolute atomic E-state index is 0.115. The molecule has 1 N–H and O–H groups in total. The van der Waals surface area contributed by atoms with Gasteiger partial charge in [-0.3, -0.25) is 9.78 Å². The van der Waals surface area contributed by atoms with Gasteiger partial charge in [-0.15, -0.1) is 21.5 Å². The van der Waals surface area contributed by atoms with Crippen LogP contribution in [0.25, 0.3) is 22.5 Å². The Labute approximate surface area is 205 Å². The van der Waals surface area contributed by atoms with E-state index < -0.39 is 5.97 Å². The van der Waals surface area contributed by atoms with Gasteiger partial charge in [0.1, 0.15) is 10.6 Å². The smallest absolute Gasteiger partial charge is 0.341 e. The van der Waals surface area contributed by atoms with Crippen LogP contribution in [0.1, 0.15) is 22.8 Å². The topological polar surface area (TPSA) is 99.0 Å². The van der Waals surface area contributed by atoms with Gasteiger partial charge < -0.3 is 14.6 Å². The number of benzene rings is 1. The van der Waals surface area contributed by atoms with E-state index in [-0.39, 0.29) is 11.7 Å². The van der Waals surface area contributed by atoms with Gasteiger partial charge in [-0.1, -0.05) is 41.6 Å². The van der Waals surface area contributed by atoms with Gasteiger partial charge in [-0.2, -0.15) is 0 Å². The maximum atomic E-state index is 12.8. The summed E-state index contributed by atoms with van der Waals surface area (Å²) in [6.07, 6.45) is 3.43. The SMILES string of the molecule is CCn1c(SCC(=O)Nc2scc(-c3ccc(C)cc3)c2C(=O)OC)nnc1-c1cccnc1. The predicted octanol–water partition coefficient (Wildman–Crippen LogP) is 4.91. The van der Waals surface area contributed by atoms with Gasteiger partial charge in [0.25, 0.3) is 0 Å². The summed E-state index contributed by atoms with van der Waals surface area (Å²) in [6.45, 7) is 4.65. The number of anilines is 1. The number of amides is 1. The molecule has 0 radical (unpaired) electrons. The Kier molecular flexibility index (Phi) is 7.39. The van der Waals surface area contributed by atoms with E-state index in [0.717, 1.165) is 22.3 Å². The first-order chi connectivity index (χ1) is 16.5. The highest BCUT2D eigenvalue weighted by Gasteiger charge is 2.23. The number of hydrogen-bond donors (Lipinski definition) is 1. The quantitative estimate of drug-likeness (QED) is 0.275. The summed E-state index contributed by atoms with van der Waals surface area (Å²) in [6, 6.07) is 11.6. The lowest BCUT2D eigenvalue weighted by Gasteiger charge is -2.09. The average molecular weight is 494 g/mol. The lowest BCUT2D eigenvalue weighted by Crippen LogP contribution is -2.16. The predicted molar refractivity (Wildman–Crippen MR) is 134 cm³/mol. The average Bonchev–Trinajstić information content (AvgIpc) is 3.47. The highest BCUT2D eigenvalue weighted by atomic mass is 32.2. The van der Waals surface area contributed by atoms with Gasteiger partial charge in [0.15, 0.2) is 11.0 Å². The first-order valence-corrected chi connectivity index (χ1v) is 12.4. The standard InChI is InChI=1S/C24H23N5O3S2/c1-4-29-21(17-6-5-11-25-12-17)27-28-24(29)34-14-19(30)26-22-20(23(31)32-3)18(13-33-22)16-9-7-15(2)8-10-16/h5-13H,4,14H2,1-3H3,(H,26,30). The highest BCUT2D eigenvalue weighted by Crippen LogP contribution is 2.36. The Morgan fingerprint density at radius 1 is 1.15 bits per heavy atom. The van der Waals surface area contributed by atoms with Crippen molar-refractivity contribution in [1.82, 2.24) is 19.7 Å². The fraction of sp³-hybridized carbons (Fsp3) is 0.208. The number of methoxy groups -OCH3 is 1. The van der Waals surface area contributed by atoms with Crippen LogP contribution in [-0.2, 0) is 16.1 Å². The van der Waals surface area contributed by atoms with Crippen molar-refractivity contribution in [1.29, 1.82) is 0 Å². The second-order valence-electron chi connectivity index (χ2n) is 7.34. The van der Waals surface area contributed by atoms with E-state index in [1.54, 1.807) is 12.4 Å². The molecule has 0 unspecified atom stereocenters. The van der Waals surface area contributed by atoms with E-state index in [4.69, 9.17) is 4.74 Å². The second kappa shape index (κ2) is 10.6. The molecule has 3 aromatic heterocycles. The zero-order chi connectivity index (χ0) is 24.1. The van der Waals surface area contributed by atoms with Crippen LogP contribution in [-0.4, -0.2) is 44.5 Å². The molecular weight excluding hydrogens is 470 g/mol. The number of thioether (sulfide) groups is 1. The number of rotatable bonds is 8. The van der Waals surface area contributed by atoms with Crippen molar-refractivity contribution >= 4 is 40.0 Å². The zero-order valence-corrected chi connectivity index (χ0v) is 20.6. The molecule has 0 aliphatic carbocycles. The molecule has 8 nitrogen and oxygen atoms in total. The van der Waals surface area contributed by atoms with Crippen molar-refractivity contribution < 1.29 is 14.3 Å². The lowest BCUT2D eigenvalue weighted by molar-refractivity contribution is -0.113. The lowest BCUT2D eigenvalue weighted by atomic mass is 10.0. The van der Waals surface area contributed by atoms with Gasteiger partial charge in [-0.05, 0) is 31.5 Å².